The van der Waals surface area contributed by atoms with Crippen molar-refractivity contribution < 1.29 is 19.1 Å². The first-order chi connectivity index (χ1) is 12.0. The molecule has 0 bridgehead atoms. The Balaban J connectivity index is 2.10. The van der Waals surface area contributed by atoms with Crippen LogP contribution in [0.3, 0.4) is 0 Å². The second-order valence-electron chi connectivity index (χ2n) is 5.67. The van der Waals surface area contributed by atoms with E-state index in [4.69, 9.17) is 4.74 Å². The summed E-state index contributed by atoms with van der Waals surface area (Å²) in [6.07, 6.45) is 1.27. The van der Waals surface area contributed by atoms with Crippen LogP contribution < -0.4 is 10.1 Å². The predicted octanol–water partition coefficient (Wildman–Crippen LogP) is 2.68. The summed E-state index contributed by atoms with van der Waals surface area (Å²) in [5.74, 6) is -0.417. The van der Waals surface area contributed by atoms with Crippen molar-refractivity contribution in [1.82, 2.24) is 4.90 Å². The molecule has 3 amide bonds. The van der Waals surface area contributed by atoms with Gasteiger partial charge in [-0.3, -0.25) is 19.3 Å². The number of ether oxygens (including phenoxy) is 1. The van der Waals surface area contributed by atoms with Crippen LogP contribution in [0, 0.1) is 0 Å². The first-order valence-electron chi connectivity index (χ1n) is 8.54. The Bertz CT molecular complexity index is 628. The molecule has 1 fully saturated rings. The lowest BCUT2D eigenvalue weighted by Crippen LogP contribution is -2.53. The van der Waals surface area contributed by atoms with Gasteiger partial charge in [-0.05, 0) is 31.9 Å². The molecule has 0 aliphatic carbocycles. The molecule has 2 rings (SSSR count). The molecular formula is C18H24N2O4S. The first kappa shape index (κ1) is 19.3. The Morgan fingerprint density at radius 3 is 2.28 bits per heavy atom. The van der Waals surface area contributed by atoms with E-state index in [1.54, 1.807) is 18.2 Å². The van der Waals surface area contributed by atoms with Gasteiger partial charge in [0, 0.05) is 0 Å². The van der Waals surface area contributed by atoms with Gasteiger partial charge in [0.1, 0.15) is 12.3 Å². The third-order valence-electron chi connectivity index (χ3n) is 3.92. The molecule has 7 heteroatoms. The number of rotatable bonds is 7. The van der Waals surface area contributed by atoms with Crippen LogP contribution in [0.15, 0.2) is 24.3 Å². The van der Waals surface area contributed by atoms with Gasteiger partial charge < -0.3 is 10.1 Å². The van der Waals surface area contributed by atoms with Crippen LogP contribution in [-0.2, 0) is 14.4 Å². The molecule has 0 aromatic heterocycles. The van der Waals surface area contributed by atoms with Crippen LogP contribution in [0.1, 0.15) is 33.6 Å². The van der Waals surface area contributed by atoms with E-state index < -0.39 is 5.91 Å². The fraction of sp³-hybridized carbons (Fsp3) is 0.500. The van der Waals surface area contributed by atoms with Gasteiger partial charge in [-0.2, -0.15) is 0 Å². The predicted molar refractivity (Wildman–Crippen MR) is 98.7 cm³/mol. The molecule has 1 N–H and O–H groups in total. The average molecular weight is 364 g/mol. The Hall–Kier alpha value is -2.02. The molecule has 136 valence electrons. The fourth-order valence-electron chi connectivity index (χ4n) is 2.65. The number of para-hydroxylation sites is 2. The lowest BCUT2D eigenvalue weighted by Gasteiger charge is -2.34. The van der Waals surface area contributed by atoms with Crippen LogP contribution in [0.2, 0.25) is 0 Å². The summed E-state index contributed by atoms with van der Waals surface area (Å²) in [5, 5.41) is 2.19. The van der Waals surface area contributed by atoms with Crippen LogP contribution in [0.25, 0.3) is 0 Å². The van der Waals surface area contributed by atoms with Crippen LogP contribution >= 0.6 is 11.8 Å². The van der Waals surface area contributed by atoms with Crippen molar-refractivity contribution in [2.24, 2.45) is 0 Å². The molecule has 25 heavy (non-hydrogen) atoms. The molecule has 2 atom stereocenters. The molecule has 1 aromatic rings. The van der Waals surface area contributed by atoms with Crippen molar-refractivity contribution in [3.8, 4) is 5.75 Å². The largest absolute Gasteiger partial charge is 0.492 e. The van der Waals surface area contributed by atoms with E-state index in [1.165, 1.54) is 11.8 Å². The second kappa shape index (κ2) is 8.89. The highest BCUT2D eigenvalue weighted by Crippen LogP contribution is 2.31. The SMILES string of the molecule is CCOc1ccccc1NC(=O)CN1C(=O)[C@H](CC)S[C@H](CC)C1=O. The summed E-state index contributed by atoms with van der Waals surface area (Å²) in [6.45, 7) is 5.88. The van der Waals surface area contributed by atoms with Gasteiger partial charge >= 0.3 is 0 Å². The molecule has 1 aliphatic heterocycles. The van der Waals surface area contributed by atoms with Gasteiger partial charge in [0.2, 0.25) is 17.7 Å². The molecule has 0 saturated carbocycles. The van der Waals surface area contributed by atoms with E-state index in [9.17, 15) is 14.4 Å². The highest BCUT2D eigenvalue weighted by Gasteiger charge is 2.40. The van der Waals surface area contributed by atoms with Crippen LogP contribution in [0.5, 0.6) is 5.75 Å². The topological polar surface area (TPSA) is 75.7 Å². The molecular weight excluding hydrogens is 340 g/mol. The van der Waals surface area contributed by atoms with Gasteiger partial charge in [-0.1, -0.05) is 26.0 Å². The number of carbonyl (C=O) groups is 3. The Kier molecular flexibility index (Phi) is 6.87. The first-order valence-corrected chi connectivity index (χ1v) is 9.48. The zero-order valence-electron chi connectivity index (χ0n) is 14.8. The molecule has 1 aliphatic rings. The van der Waals surface area contributed by atoms with Gasteiger partial charge in [0.25, 0.3) is 0 Å². The number of hydrogen-bond acceptors (Lipinski definition) is 5. The maximum Gasteiger partial charge on any atom is 0.244 e. The molecule has 0 unspecified atom stereocenters. The standard InChI is InChI=1S/C18H24N2O4S/c1-4-14-17(22)20(18(23)15(5-2)25-14)11-16(21)19-12-9-7-8-10-13(12)24-6-3/h7-10,14-15H,4-6,11H2,1-3H3,(H,19,21)/t14-,15+. The van der Waals surface area contributed by atoms with E-state index in [0.717, 1.165) is 4.90 Å². The number of amides is 3. The molecule has 0 spiro atoms. The van der Waals surface area contributed by atoms with E-state index in [-0.39, 0.29) is 28.9 Å². The van der Waals surface area contributed by atoms with Crippen molar-refractivity contribution in [3.63, 3.8) is 0 Å². The molecule has 1 saturated heterocycles. The second-order valence-corrected chi connectivity index (χ2v) is 7.08. The van der Waals surface area contributed by atoms with Gasteiger partial charge in [0.05, 0.1) is 22.8 Å². The molecule has 1 heterocycles. The quantitative estimate of drug-likeness (QED) is 0.753. The van der Waals surface area contributed by atoms with Crippen molar-refractivity contribution in [2.45, 2.75) is 44.1 Å². The number of nitrogens with one attached hydrogen (secondary N) is 1. The zero-order chi connectivity index (χ0) is 18.4. The van der Waals surface area contributed by atoms with E-state index in [2.05, 4.69) is 5.32 Å². The number of anilines is 1. The van der Waals surface area contributed by atoms with Crippen LogP contribution in [-0.4, -0.2) is 46.3 Å². The van der Waals surface area contributed by atoms with E-state index in [1.807, 2.05) is 26.8 Å². The third-order valence-corrected chi connectivity index (χ3v) is 5.64. The summed E-state index contributed by atoms with van der Waals surface area (Å²) >= 11 is 1.40. The molecule has 0 radical (unpaired) electrons. The maximum absolute atomic E-state index is 12.5. The average Bonchev–Trinajstić information content (AvgIpc) is 2.61. The van der Waals surface area contributed by atoms with Gasteiger partial charge in [-0.15, -0.1) is 11.8 Å². The lowest BCUT2D eigenvalue weighted by atomic mass is 10.2. The number of imide groups is 1. The van der Waals surface area contributed by atoms with Crippen molar-refractivity contribution >= 4 is 35.2 Å². The smallest absolute Gasteiger partial charge is 0.244 e. The highest BCUT2D eigenvalue weighted by atomic mass is 32.2. The number of nitrogens with zero attached hydrogens (tertiary/aromatic N) is 1. The summed E-state index contributed by atoms with van der Waals surface area (Å²) < 4.78 is 5.47. The summed E-state index contributed by atoms with van der Waals surface area (Å²) in [6, 6.07) is 7.08. The lowest BCUT2D eigenvalue weighted by molar-refractivity contribution is -0.147. The zero-order valence-corrected chi connectivity index (χ0v) is 15.6. The Morgan fingerprint density at radius 2 is 1.72 bits per heavy atom. The van der Waals surface area contributed by atoms with E-state index >= 15 is 0 Å². The van der Waals surface area contributed by atoms with Crippen molar-refractivity contribution in [1.29, 1.82) is 0 Å². The minimum absolute atomic E-state index is 0.272. The summed E-state index contributed by atoms with van der Waals surface area (Å²) in [4.78, 5) is 38.4. The minimum atomic E-state index is -0.412. The van der Waals surface area contributed by atoms with Crippen molar-refractivity contribution in [3.05, 3.63) is 24.3 Å². The highest BCUT2D eigenvalue weighted by molar-refractivity contribution is 8.02. The minimum Gasteiger partial charge on any atom is -0.492 e. The van der Waals surface area contributed by atoms with Crippen molar-refractivity contribution in [2.75, 3.05) is 18.5 Å². The normalized spacial score (nSPS) is 20.5. The van der Waals surface area contributed by atoms with Gasteiger partial charge in [-0.25, -0.2) is 0 Å². The Morgan fingerprint density at radius 1 is 1.12 bits per heavy atom. The number of carbonyl (C=O) groups excluding carboxylic acids is 3. The maximum atomic E-state index is 12.5. The van der Waals surface area contributed by atoms with Gasteiger partial charge in [0.15, 0.2) is 0 Å². The Labute approximate surface area is 152 Å². The molecule has 6 nitrogen and oxygen atoms in total. The van der Waals surface area contributed by atoms with E-state index in [0.29, 0.717) is 30.9 Å². The molecule has 1 aromatic carbocycles. The number of benzene rings is 1. The number of thioether (sulfide) groups is 1. The summed E-state index contributed by atoms with van der Waals surface area (Å²) in [5.41, 5.74) is 0.528. The van der Waals surface area contributed by atoms with Crippen LogP contribution in [0.4, 0.5) is 5.69 Å². The third kappa shape index (κ3) is 4.54. The fourth-order valence-corrected chi connectivity index (χ4v) is 3.92. The monoisotopic (exact) mass is 364 g/mol. The number of hydrogen-bond donors (Lipinski definition) is 1. The summed E-state index contributed by atoms with van der Waals surface area (Å²) in [7, 11) is 0.